The summed E-state index contributed by atoms with van der Waals surface area (Å²) in [7, 11) is 0.205. The molecule has 4 aromatic rings. The summed E-state index contributed by atoms with van der Waals surface area (Å²) in [6, 6.07) is 11.3. The quantitative estimate of drug-likeness (QED) is 0.141. The highest BCUT2D eigenvalue weighted by atomic mass is 35.5. The number of carbonyl (C=O) groups is 1. The van der Waals surface area contributed by atoms with Gasteiger partial charge in [0.05, 0.1) is 23.1 Å². The van der Waals surface area contributed by atoms with Crippen LogP contribution in [0.3, 0.4) is 0 Å². The second-order valence-electron chi connectivity index (χ2n) is 10.5. The van der Waals surface area contributed by atoms with Gasteiger partial charge in [-0.1, -0.05) is 43.4 Å². The number of fused-ring (bicyclic) bond motifs is 1. The van der Waals surface area contributed by atoms with Crippen molar-refractivity contribution in [1.82, 2.24) is 24.6 Å². The molecule has 1 N–H and O–H groups in total. The van der Waals surface area contributed by atoms with E-state index >= 15 is 4.39 Å². The molecule has 0 saturated heterocycles. The van der Waals surface area contributed by atoms with Crippen LogP contribution in [0.2, 0.25) is 30.8 Å². The lowest BCUT2D eigenvalue weighted by atomic mass is 10.00. The van der Waals surface area contributed by atoms with E-state index in [1.165, 1.54) is 13.1 Å². The average molecular weight is 556 g/mol. The molecule has 0 unspecified atom stereocenters. The van der Waals surface area contributed by atoms with Crippen molar-refractivity contribution in [3.05, 3.63) is 64.7 Å². The molecule has 0 fully saturated rings. The molecule has 0 bridgehead atoms. The number of halogens is 2. The molecule has 0 atom stereocenters. The molecule has 200 valence electrons. The van der Waals surface area contributed by atoms with E-state index in [2.05, 4.69) is 29.6 Å². The molecule has 0 aliphatic heterocycles. The Morgan fingerprint density at radius 1 is 1.21 bits per heavy atom. The first-order valence-corrected chi connectivity index (χ1v) is 16.3. The normalized spacial score (nSPS) is 11.8. The minimum atomic E-state index is -1.24. The number of aryl methyl sites for hydroxylation is 1. The van der Waals surface area contributed by atoms with Gasteiger partial charge in [-0.05, 0) is 48.4 Å². The summed E-state index contributed by atoms with van der Waals surface area (Å²) in [5.41, 5.74) is 3.90. The van der Waals surface area contributed by atoms with Crippen molar-refractivity contribution in [3.63, 3.8) is 0 Å². The molecule has 3 aromatic heterocycles. The lowest BCUT2D eigenvalue weighted by molar-refractivity contribution is 0.0818. The van der Waals surface area contributed by atoms with Crippen LogP contribution in [0.1, 0.15) is 11.1 Å². The van der Waals surface area contributed by atoms with Crippen molar-refractivity contribution in [1.29, 1.82) is 0 Å². The van der Waals surface area contributed by atoms with Gasteiger partial charge in [0.1, 0.15) is 23.4 Å². The summed E-state index contributed by atoms with van der Waals surface area (Å²) >= 11 is 6.17. The van der Waals surface area contributed by atoms with Gasteiger partial charge < -0.3 is 14.7 Å². The van der Waals surface area contributed by atoms with Crippen LogP contribution in [-0.2, 0) is 18.0 Å². The fraction of sp³-hybridized carbons (Fsp3) is 0.333. The number of benzene rings is 1. The molecule has 0 aliphatic rings. The van der Waals surface area contributed by atoms with Crippen LogP contribution < -0.4 is 0 Å². The third-order valence-corrected chi connectivity index (χ3v) is 8.07. The first-order valence-electron chi connectivity index (χ1n) is 12.2. The van der Waals surface area contributed by atoms with Crippen LogP contribution >= 0.6 is 11.6 Å². The van der Waals surface area contributed by atoms with E-state index in [1.807, 2.05) is 6.07 Å². The molecule has 11 heteroatoms. The van der Waals surface area contributed by atoms with Crippen molar-refractivity contribution in [3.8, 4) is 22.6 Å². The molecule has 1 aromatic carbocycles. The molecular weight excluding hydrogens is 525 g/mol. The smallest absolute Gasteiger partial charge is 0.407 e. The van der Waals surface area contributed by atoms with Gasteiger partial charge in [-0.2, -0.15) is 5.10 Å². The highest BCUT2D eigenvalue weighted by Crippen LogP contribution is 2.33. The SMILES string of the molecule is Cc1cc(CN(C)C(=O)O)cc(F)c1-c1cc2c(-c3cccc(Cl)n3)nn(COCC[Si](C)(C)C)c2cn1. The zero-order valence-electron chi connectivity index (χ0n) is 22.1. The fourth-order valence-corrected chi connectivity index (χ4v) is 5.06. The average Bonchev–Trinajstić information content (AvgIpc) is 3.18. The molecule has 4 rings (SSSR count). The Hall–Kier alpha value is -3.34. The third-order valence-electron chi connectivity index (χ3n) is 6.15. The van der Waals surface area contributed by atoms with Crippen molar-refractivity contribution in [2.45, 2.75) is 45.9 Å². The maximum Gasteiger partial charge on any atom is 0.407 e. The Kier molecular flexibility index (Phi) is 8.15. The number of hydrogen-bond donors (Lipinski definition) is 1. The van der Waals surface area contributed by atoms with E-state index in [-0.39, 0.29) is 13.3 Å². The van der Waals surface area contributed by atoms with E-state index in [4.69, 9.17) is 26.5 Å². The molecule has 0 radical (unpaired) electrons. The van der Waals surface area contributed by atoms with Crippen LogP contribution in [0.4, 0.5) is 9.18 Å². The standard InChI is InChI=1S/C27H31ClFN5O3Si/c1-17-11-18(15-33(2)27(35)36)12-20(29)25(17)22-13-19-23(14-30-22)34(16-37-9-10-38(3,4)5)32-26(19)21-7-6-8-24(28)31-21/h6-8,11-14H,9-10,15-16H2,1-5H3,(H,35,36). The zero-order chi connectivity index (χ0) is 27.6. The lowest BCUT2D eigenvalue weighted by Gasteiger charge is -2.15. The number of ether oxygens (including phenoxy) is 1. The van der Waals surface area contributed by atoms with Gasteiger partial charge in [0.25, 0.3) is 0 Å². The second kappa shape index (κ2) is 11.2. The van der Waals surface area contributed by atoms with Crippen LogP contribution in [-0.4, -0.2) is 57.6 Å². The maximum absolute atomic E-state index is 15.4. The molecular formula is C27H31ClFN5O3Si. The zero-order valence-corrected chi connectivity index (χ0v) is 23.9. The van der Waals surface area contributed by atoms with Crippen LogP contribution in [0, 0.1) is 12.7 Å². The van der Waals surface area contributed by atoms with Gasteiger partial charge in [0.15, 0.2) is 0 Å². The summed E-state index contributed by atoms with van der Waals surface area (Å²) in [5.74, 6) is -0.477. The molecule has 3 heterocycles. The van der Waals surface area contributed by atoms with Gasteiger partial charge in [-0.25, -0.2) is 18.9 Å². The lowest BCUT2D eigenvalue weighted by Crippen LogP contribution is -2.24. The third kappa shape index (κ3) is 6.37. The van der Waals surface area contributed by atoms with Crippen molar-refractivity contribution >= 4 is 36.7 Å². The number of nitrogens with zero attached hydrogens (tertiary/aromatic N) is 5. The first-order chi connectivity index (χ1) is 17.9. The number of pyridine rings is 2. The Morgan fingerprint density at radius 2 is 1.97 bits per heavy atom. The van der Waals surface area contributed by atoms with E-state index < -0.39 is 20.0 Å². The summed E-state index contributed by atoms with van der Waals surface area (Å²) in [4.78, 5) is 21.3. The van der Waals surface area contributed by atoms with Crippen molar-refractivity contribution in [2.24, 2.45) is 0 Å². The molecule has 0 saturated carbocycles. The van der Waals surface area contributed by atoms with Gasteiger partial charge in [-0.3, -0.25) is 4.98 Å². The minimum Gasteiger partial charge on any atom is -0.465 e. The molecule has 8 nitrogen and oxygen atoms in total. The molecule has 0 aliphatic carbocycles. The summed E-state index contributed by atoms with van der Waals surface area (Å²) in [6.07, 6.45) is 0.585. The van der Waals surface area contributed by atoms with E-state index in [1.54, 1.807) is 42.1 Å². The number of aromatic nitrogens is 4. The van der Waals surface area contributed by atoms with Crippen molar-refractivity contribution in [2.75, 3.05) is 13.7 Å². The van der Waals surface area contributed by atoms with Crippen LogP contribution in [0.15, 0.2) is 42.6 Å². The summed E-state index contributed by atoms with van der Waals surface area (Å²) < 4.78 is 23.0. The van der Waals surface area contributed by atoms with Crippen LogP contribution in [0.25, 0.3) is 33.5 Å². The van der Waals surface area contributed by atoms with E-state index in [0.717, 1.165) is 21.8 Å². The molecule has 1 amide bonds. The number of rotatable bonds is 9. The Balaban J connectivity index is 1.75. The van der Waals surface area contributed by atoms with Gasteiger partial charge in [0.2, 0.25) is 0 Å². The number of amides is 1. The predicted molar refractivity (Wildman–Crippen MR) is 149 cm³/mol. The Morgan fingerprint density at radius 3 is 2.63 bits per heavy atom. The van der Waals surface area contributed by atoms with Gasteiger partial charge in [0, 0.05) is 39.2 Å². The number of hydrogen-bond acceptors (Lipinski definition) is 5. The highest BCUT2D eigenvalue weighted by molar-refractivity contribution is 6.76. The predicted octanol–water partition coefficient (Wildman–Crippen LogP) is 6.68. The largest absolute Gasteiger partial charge is 0.465 e. The molecule has 0 spiro atoms. The van der Waals surface area contributed by atoms with Gasteiger partial charge in [-0.15, -0.1) is 0 Å². The second-order valence-corrected chi connectivity index (χ2v) is 16.5. The van der Waals surface area contributed by atoms with Crippen molar-refractivity contribution < 1.29 is 19.0 Å². The topological polar surface area (TPSA) is 93.4 Å². The highest BCUT2D eigenvalue weighted by Gasteiger charge is 2.20. The Labute approximate surface area is 227 Å². The first kappa shape index (κ1) is 27.7. The van der Waals surface area contributed by atoms with E-state index in [9.17, 15) is 4.79 Å². The van der Waals surface area contributed by atoms with Gasteiger partial charge >= 0.3 is 6.09 Å². The number of carboxylic acid groups (broad SMARTS) is 1. The van der Waals surface area contributed by atoms with Crippen LogP contribution in [0.5, 0.6) is 0 Å². The fourth-order valence-electron chi connectivity index (χ4n) is 4.14. The Bertz CT molecular complexity index is 1460. The maximum atomic E-state index is 15.4. The summed E-state index contributed by atoms with van der Waals surface area (Å²) in [5, 5.41) is 15.0. The van der Waals surface area contributed by atoms with E-state index in [0.29, 0.717) is 45.5 Å². The minimum absolute atomic E-state index is 0.0783. The molecule has 38 heavy (non-hydrogen) atoms. The summed E-state index contributed by atoms with van der Waals surface area (Å²) in [6.45, 7) is 9.64. The monoisotopic (exact) mass is 555 g/mol.